The predicted octanol–water partition coefficient (Wildman–Crippen LogP) is 3.35. The summed E-state index contributed by atoms with van der Waals surface area (Å²) in [6, 6.07) is 8.47. The average molecular weight is 650 g/mol. The van der Waals surface area contributed by atoms with Crippen LogP contribution in [0.4, 0.5) is 0 Å². The molecule has 13 heteroatoms. The Labute approximate surface area is 273 Å². The smallest absolute Gasteiger partial charge is 0.273 e. The second kappa shape index (κ2) is 15.5. The summed E-state index contributed by atoms with van der Waals surface area (Å²) in [5, 5.41) is 11.1. The summed E-state index contributed by atoms with van der Waals surface area (Å²) in [5.41, 5.74) is 1.20. The molecule has 0 radical (unpaired) electrons. The molecule has 2 atom stereocenters. The van der Waals surface area contributed by atoms with Crippen molar-refractivity contribution in [2.45, 2.75) is 58.0 Å². The van der Waals surface area contributed by atoms with Crippen LogP contribution in [0.2, 0.25) is 0 Å². The van der Waals surface area contributed by atoms with Gasteiger partial charge >= 0.3 is 0 Å². The Morgan fingerprint density at radius 1 is 1.02 bits per heavy atom. The van der Waals surface area contributed by atoms with E-state index in [9.17, 15) is 19.2 Å². The van der Waals surface area contributed by atoms with Crippen LogP contribution in [0.5, 0.6) is 0 Å². The first-order valence-corrected chi connectivity index (χ1v) is 16.8. The molecule has 0 saturated carbocycles. The average Bonchev–Trinajstić information content (AvgIpc) is 3.73. The highest BCUT2D eigenvalue weighted by Gasteiger charge is 2.28. The SMILES string of the molecule is CC(C)[C@@H]1NC(=O)CN(C(=O)CCC2CCN(C)CC2)CCNC(=O)c2coc(n2)[C@H](Cc2ccccc2)NC(=O)c2csc1n2. The van der Waals surface area contributed by atoms with E-state index >= 15 is 0 Å². The number of aromatic nitrogens is 2. The maximum Gasteiger partial charge on any atom is 0.273 e. The highest BCUT2D eigenvalue weighted by Crippen LogP contribution is 2.27. The second-order valence-electron chi connectivity index (χ2n) is 12.5. The van der Waals surface area contributed by atoms with Crippen molar-refractivity contribution in [2.24, 2.45) is 11.8 Å². The molecular weight excluding hydrogens is 606 g/mol. The number of oxazole rings is 1. The molecule has 4 heterocycles. The maximum absolute atomic E-state index is 13.4. The molecule has 2 aromatic heterocycles. The van der Waals surface area contributed by atoms with Gasteiger partial charge < -0.3 is 30.2 Å². The zero-order valence-electron chi connectivity index (χ0n) is 26.7. The van der Waals surface area contributed by atoms with E-state index in [4.69, 9.17) is 4.42 Å². The van der Waals surface area contributed by atoms with Crippen molar-refractivity contribution in [1.82, 2.24) is 35.7 Å². The van der Waals surface area contributed by atoms with Crippen molar-refractivity contribution >= 4 is 35.0 Å². The number of nitrogens with zero attached hydrogens (tertiary/aromatic N) is 4. The second-order valence-corrected chi connectivity index (χ2v) is 13.4. The van der Waals surface area contributed by atoms with E-state index in [-0.39, 0.29) is 54.6 Å². The number of carbonyl (C=O) groups excluding carboxylic acids is 4. The molecule has 0 aliphatic carbocycles. The molecule has 5 rings (SSSR count). The van der Waals surface area contributed by atoms with E-state index in [2.05, 4.69) is 37.9 Å². The van der Waals surface area contributed by atoms with Gasteiger partial charge in [-0.25, -0.2) is 9.97 Å². The van der Waals surface area contributed by atoms with E-state index in [0.29, 0.717) is 23.8 Å². The summed E-state index contributed by atoms with van der Waals surface area (Å²) >= 11 is 1.29. The van der Waals surface area contributed by atoms with Gasteiger partial charge in [0, 0.05) is 31.3 Å². The van der Waals surface area contributed by atoms with Gasteiger partial charge in [-0.2, -0.15) is 0 Å². The normalized spacial score (nSPS) is 20.9. The number of benzene rings is 1. The lowest BCUT2D eigenvalue weighted by molar-refractivity contribution is -0.136. The first-order chi connectivity index (χ1) is 22.2. The van der Waals surface area contributed by atoms with E-state index in [1.165, 1.54) is 22.5 Å². The molecule has 12 nitrogen and oxygen atoms in total. The lowest BCUT2D eigenvalue weighted by Gasteiger charge is -2.30. The zero-order valence-corrected chi connectivity index (χ0v) is 27.5. The quantitative estimate of drug-likeness (QED) is 0.368. The number of hydrogen-bond donors (Lipinski definition) is 3. The third-order valence-corrected chi connectivity index (χ3v) is 9.53. The minimum absolute atomic E-state index is 0.0268. The van der Waals surface area contributed by atoms with Crippen LogP contribution in [-0.4, -0.2) is 83.2 Å². The molecule has 3 aromatic rings. The minimum atomic E-state index is -0.668. The van der Waals surface area contributed by atoms with Crippen LogP contribution >= 0.6 is 11.3 Å². The van der Waals surface area contributed by atoms with Crippen molar-refractivity contribution in [3.63, 3.8) is 0 Å². The summed E-state index contributed by atoms with van der Waals surface area (Å²) in [6.45, 7) is 6.11. The number of nitrogens with one attached hydrogen (secondary N) is 3. The van der Waals surface area contributed by atoms with Gasteiger partial charge in [0.25, 0.3) is 11.8 Å². The molecule has 246 valence electrons. The lowest BCUT2D eigenvalue weighted by atomic mass is 9.92. The molecule has 0 unspecified atom stereocenters. The van der Waals surface area contributed by atoms with Gasteiger partial charge in [-0.1, -0.05) is 44.2 Å². The standard InChI is InChI=1S/C33H43N7O5S/c1-21(2)29-33-37-26(20-46-33)31(44)35-24(17-23-7-5-4-6-8-23)32-36-25(19-45-32)30(43)34-13-16-40(18-27(41)38-29)28(42)10-9-22-11-14-39(3)15-12-22/h4-8,19-22,24,29H,9-18H2,1-3H3,(H,34,43)(H,35,44)(H,38,41)/t24-,29-/m0/s1. The molecule has 0 spiro atoms. The van der Waals surface area contributed by atoms with Crippen LogP contribution in [0.3, 0.4) is 0 Å². The first kappa shape index (κ1) is 33.3. The molecule has 46 heavy (non-hydrogen) atoms. The summed E-state index contributed by atoms with van der Waals surface area (Å²) in [4.78, 5) is 66.1. The first-order valence-electron chi connectivity index (χ1n) is 16.0. The van der Waals surface area contributed by atoms with E-state index < -0.39 is 23.9 Å². The number of rotatable bonds is 6. The fraction of sp³-hybridized carbons (Fsp3) is 0.515. The number of thiazole rings is 1. The molecule has 1 aromatic carbocycles. The number of piperidine rings is 1. The van der Waals surface area contributed by atoms with Gasteiger partial charge in [-0.15, -0.1) is 11.3 Å². The van der Waals surface area contributed by atoms with Crippen molar-refractivity contribution in [3.8, 4) is 0 Å². The van der Waals surface area contributed by atoms with Crippen molar-refractivity contribution in [3.05, 3.63) is 69.8 Å². The number of likely N-dealkylation sites (tertiary alicyclic amines) is 1. The summed E-state index contributed by atoms with van der Waals surface area (Å²) in [6.07, 6.45) is 4.84. The molecular formula is C33H43N7O5S. The van der Waals surface area contributed by atoms with Crippen LogP contribution in [-0.2, 0) is 16.0 Å². The largest absolute Gasteiger partial charge is 0.446 e. The monoisotopic (exact) mass is 649 g/mol. The van der Waals surface area contributed by atoms with Crippen LogP contribution in [0.25, 0.3) is 0 Å². The van der Waals surface area contributed by atoms with Gasteiger partial charge in [-0.05, 0) is 56.8 Å². The Morgan fingerprint density at radius 3 is 2.52 bits per heavy atom. The van der Waals surface area contributed by atoms with E-state index in [1.54, 1.807) is 5.38 Å². The highest BCUT2D eigenvalue weighted by molar-refractivity contribution is 7.09. The zero-order chi connectivity index (χ0) is 32.6. The summed E-state index contributed by atoms with van der Waals surface area (Å²) in [5.74, 6) is -0.721. The molecule has 1 saturated heterocycles. The number of amides is 4. The molecule has 2 aliphatic rings. The minimum Gasteiger partial charge on any atom is -0.446 e. The van der Waals surface area contributed by atoms with E-state index in [1.807, 2.05) is 44.2 Å². The highest BCUT2D eigenvalue weighted by atomic mass is 32.1. The van der Waals surface area contributed by atoms with Gasteiger partial charge in [-0.3, -0.25) is 19.2 Å². The van der Waals surface area contributed by atoms with Gasteiger partial charge in [0.15, 0.2) is 5.69 Å². The number of hydrogen-bond acceptors (Lipinski definition) is 9. The third-order valence-electron chi connectivity index (χ3n) is 8.60. The maximum atomic E-state index is 13.4. The van der Waals surface area contributed by atoms with Crippen molar-refractivity contribution < 1.29 is 23.6 Å². The molecule has 2 aliphatic heterocycles. The Morgan fingerprint density at radius 2 is 1.78 bits per heavy atom. The Hall–Kier alpha value is -4.10. The molecule has 3 N–H and O–H groups in total. The number of carbonyl (C=O) groups is 4. The van der Waals surface area contributed by atoms with Gasteiger partial charge in [0.2, 0.25) is 17.7 Å². The van der Waals surface area contributed by atoms with Gasteiger partial charge in [0.1, 0.15) is 23.0 Å². The fourth-order valence-corrected chi connectivity index (χ4v) is 6.82. The summed E-state index contributed by atoms with van der Waals surface area (Å²) in [7, 11) is 2.11. The molecule has 4 amide bonds. The van der Waals surface area contributed by atoms with Crippen LogP contribution < -0.4 is 16.0 Å². The van der Waals surface area contributed by atoms with Crippen LogP contribution in [0, 0.1) is 11.8 Å². The predicted molar refractivity (Wildman–Crippen MR) is 173 cm³/mol. The van der Waals surface area contributed by atoms with Crippen molar-refractivity contribution in [2.75, 3.05) is 39.8 Å². The fourth-order valence-electron chi connectivity index (χ4n) is 5.80. The van der Waals surface area contributed by atoms with Gasteiger partial charge in [0.05, 0.1) is 12.6 Å². The number of fused-ring (bicyclic) bond motifs is 4. The Kier molecular flexibility index (Phi) is 11.2. The van der Waals surface area contributed by atoms with Crippen molar-refractivity contribution in [1.29, 1.82) is 0 Å². The summed E-state index contributed by atoms with van der Waals surface area (Å²) < 4.78 is 5.71. The Bertz CT molecular complexity index is 1500. The third kappa shape index (κ3) is 8.79. The molecule has 4 bridgehead atoms. The van der Waals surface area contributed by atoms with Crippen LogP contribution in [0.1, 0.15) is 89.1 Å². The Balaban J connectivity index is 1.38. The topological polar surface area (TPSA) is 150 Å². The van der Waals surface area contributed by atoms with Crippen LogP contribution in [0.15, 0.2) is 46.4 Å². The lowest BCUT2D eigenvalue weighted by Crippen LogP contribution is -2.45. The van der Waals surface area contributed by atoms with E-state index in [0.717, 1.165) is 37.9 Å². The molecule has 1 fully saturated rings.